The summed E-state index contributed by atoms with van der Waals surface area (Å²) < 4.78 is 15.4. The molecule has 14 heavy (non-hydrogen) atoms. The SMILES string of the molecule is COCCOCCCOC/C=C/CN. The van der Waals surface area contributed by atoms with Crippen LogP contribution in [0.1, 0.15) is 6.42 Å². The first-order valence-electron chi connectivity index (χ1n) is 4.91. The third kappa shape index (κ3) is 11.6. The number of nitrogens with two attached hydrogens (primary N) is 1. The van der Waals surface area contributed by atoms with Crippen LogP contribution < -0.4 is 5.73 Å². The maximum absolute atomic E-state index is 5.29. The minimum atomic E-state index is 0.573. The van der Waals surface area contributed by atoms with Crippen LogP contribution in [0.15, 0.2) is 12.2 Å². The Labute approximate surface area is 86.0 Å². The minimum absolute atomic E-state index is 0.573. The van der Waals surface area contributed by atoms with E-state index in [2.05, 4.69) is 0 Å². The van der Waals surface area contributed by atoms with Crippen molar-refractivity contribution < 1.29 is 14.2 Å². The quantitative estimate of drug-likeness (QED) is 0.416. The first-order chi connectivity index (χ1) is 6.91. The summed E-state index contributed by atoms with van der Waals surface area (Å²) in [5, 5.41) is 0. The lowest BCUT2D eigenvalue weighted by atomic mass is 10.5. The molecule has 0 aliphatic rings. The topological polar surface area (TPSA) is 53.7 Å². The zero-order valence-corrected chi connectivity index (χ0v) is 8.91. The molecule has 0 spiro atoms. The van der Waals surface area contributed by atoms with Crippen LogP contribution in [0.3, 0.4) is 0 Å². The molecule has 4 nitrogen and oxygen atoms in total. The van der Waals surface area contributed by atoms with Crippen molar-refractivity contribution in [2.75, 3.05) is 46.7 Å². The molecule has 2 N–H and O–H groups in total. The van der Waals surface area contributed by atoms with Gasteiger partial charge in [0.1, 0.15) is 0 Å². The van der Waals surface area contributed by atoms with Crippen LogP contribution in [0.2, 0.25) is 0 Å². The van der Waals surface area contributed by atoms with E-state index in [9.17, 15) is 0 Å². The van der Waals surface area contributed by atoms with Crippen LogP contribution >= 0.6 is 0 Å². The van der Waals surface area contributed by atoms with Gasteiger partial charge in [0.05, 0.1) is 19.8 Å². The molecule has 0 saturated carbocycles. The first-order valence-corrected chi connectivity index (χ1v) is 4.91. The van der Waals surface area contributed by atoms with E-state index in [1.54, 1.807) is 7.11 Å². The van der Waals surface area contributed by atoms with Gasteiger partial charge < -0.3 is 19.9 Å². The molecule has 84 valence electrons. The Morgan fingerprint density at radius 2 is 1.79 bits per heavy atom. The lowest BCUT2D eigenvalue weighted by Crippen LogP contribution is -2.05. The number of ether oxygens (including phenoxy) is 3. The molecule has 0 radical (unpaired) electrons. The van der Waals surface area contributed by atoms with Crippen molar-refractivity contribution in [3.05, 3.63) is 12.2 Å². The molecule has 0 saturated heterocycles. The summed E-state index contributed by atoms with van der Waals surface area (Å²) >= 11 is 0. The van der Waals surface area contributed by atoms with Gasteiger partial charge in [0.25, 0.3) is 0 Å². The van der Waals surface area contributed by atoms with E-state index in [1.807, 2.05) is 12.2 Å². The maximum atomic E-state index is 5.29. The average molecular weight is 203 g/mol. The standard InChI is InChI=1S/C10H21NO3/c1-12-9-10-14-8-4-7-13-6-3-2-5-11/h2-3H,4-11H2,1H3/b3-2+. The van der Waals surface area contributed by atoms with Gasteiger partial charge in [-0.3, -0.25) is 0 Å². The molecule has 0 heterocycles. The molecule has 4 heteroatoms. The second-order valence-corrected chi connectivity index (χ2v) is 2.74. The molecule has 0 unspecified atom stereocenters. The van der Waals surface area contributed by atoms with Gasteiger partial charge in [-0.25, -0.2) is 0 Å². The molecule has 0 amide bonds. The molecule has 0 fully saturated rings. The van der Waals surface area contributed by atoms with Gasteiger partial charge in [-0.15, -0.1) is 0 Å². The van der Waals surface area contributed by atoms with Gasteiger partial charge in [0.15, 0.2) is 0 Å². The summed E-state index contributed by atoms with van der Waals surface area (Å²) in [6.45, 7) is 3.97. The molecule has 0 aromatic heterocycles. The van der Waals surface area contributed by atoms with Gasteiger partial charge in [0.2, 0.25) is 0 Å². The Balaban J connectivity index is 2.88. The lowest BCUT2D eigenvalue weighted by molar-refractivity contribution is 0.0552. The molecule has 0 aromatic rings. The summed E-state index contributed by atoms with van der Waals surface area (Å²) in [5.74, 6) is 0. The van der Waals surface area contributed by atoms with Crippen LogP contribution in [0, 0.1) is 0 Å². The Kier molecular flexibility index (Phi) is 12.2. The van der Waals surface area contributed by atoms with Crippen LogP contribution in [0.5, 0.6) is 0 Å². The monoisotopic (exact) mass is 203 g/mol. The maximum Gasteiger partial charge on any atom is 0.0700 e. The smallest absolute Gasteiger partial charge is 0.0700 e. The Hall–Kier alpha value is -0.420. The zero-order valence-electron chi connectivity index (χ0n) is 8.91. The summed E-state index contributed by atoms with van der Waals surface area (Å²) in [4.78, 5) is 0. The van der Waals surface area contributed by atoms with Crippen LogP contribution in [-0.4, -0.2) is 46.7 Å². The van der Waals surface area contributed by atoms with Crippen LogP contribution in [0.25, 0.3) is 0 Å². The fourth-order valence-corrected chi connectivity index (χ4v) is 0.823. The highest BCUT2D eigenvalue weighted by atomic mass is 16.5. The Morgan fingerprint density at radius 1 is 1.00 bits per heavy atom. The number of methoxy groups -OCH3 is 1. The molecular weight excluding hydrogens is 182 g/mol. The second-order valence-electron chi connectivity index (χ2n) is 2.74. The molecular formula is C10H21NO3. The highest BCUT2D eigenvalue weighted by Gasteiger charge is 1.88. The van der Waals surface area contributed by atoms with Crippen molar-refractivity contribution >= 4 is 0 Å². The van der Waals surface area contributed by atoms with E-state index in [0.29, 0.717) is 26.4 Å². The first kappa shape index (κ1) is 13.6. The predicted molar refractivity (Wildman–Crippen MR) is 56.3 cm³/mol. The molecule has 0 aliphatic heterocycles. The largest absolute Gasteiger partial charge is 0.382 e. The van der Waals surface area contributed by atoms with Gasteiger partial charge in [-0.05, 0) is 6.42 Å². The molecule has 0 aliphatic carbocycles. The minimum Gasteiger partial charge on any atom is -0.382 e. The van der Waals surface area contributed by atoms with Gasteiger partial charge in [-0.2, -0.15) is 0 Å². The fourth-order valence-electron chi connectivity index (χ4n) is 0.823. The normalized spacial score (nSPS) is 11.3. The number of hydrogen-bond donors (Lipinski definition) is 1. The van der Waals surface area contributed by atoms with Gasteiger partial charge >= 0.3 is 0 Å². The van der Waals surface area contributed by atoms with E-state index in [-0.39, 0.29) is 0 Å². The zero-order chi connectivity index (χ0) is 10.5. The Bertz CT molecular complexity index is 129. The van der Waals surface area contributed by atoms with E-state index in [0.717, 1.165) is 19.6 Å². The number of hydrogen-bond acceptors (Lipinski definition) is 4. The van der Waals surface area contributed by atoms with Crippen molar-refractivity contribution in [3.8, 4) is 0 Å². The van der Waals surface area contributed by atoms with Crippen molar-refractivity contribution in [1.29, 1.82) is 0 Å². The third-order valence-corrected chi connectivity index (χ3v) is 1.53. The third-order valence-electron chi connectivity index (χ3n) is 1.53. The molecule has 0 bridgehead atoms. The van der Waals surface area contributed by atoms with Gasteiger partial charge in [0, 0.05) is 26.9 Å². The average Bonchev–Trinajstić information content (AvgIpc) is 2.21. The van der Waals surface area contributed by atoms with Crippen molar-refractivity contribution in [3.63, 3.8) is 0 Å². The lowest BCUT2D eigenvalue weighted by Gasteiger charge is -2.03. The van der Waals surface area contributed by atoms with Crippen LogP contribution in [-0.2, 0) is 14.2 Å². The summed E-state index contributed by atoms with van der Waals surface area (Å²) in [6, 6.07) is 0. The summed E-state index contributed by atoms with van der Waals surface area (Å²) in [5.41, 5.74) is 5.26. The molecule has 0 aromatic carbocycles. The van der Waals surface area contributed by atoms with Crippen molar-refractivity contribution in [2.24, 2.45) is 5.73 Å². The highest BCUT2D eigenvalue weighted by Crippen LogP contribution is 1.86. The number of rotatable bonds is 10. The highest BCUT2D eigenvalue weighted by molar-refractivity contribution is 4.81. The fraction of sp³-hybridized carbons (Fsp3) is 0.800. The summed E-state index contributed by atoms with van der Waals surface area (Å²) in [6.07, 6.45) is 4.72. The van der Waals surface area contributed by atoms with Crippen molar-refractivity contribution in [2.45, 2.75) is 6.42 Å². The second kappa shape index (κ2) is 12.6. The Morgan fingerprint density at radius 3 is 2.50 bits per heavy atom. The van der Waals surface area contributed by atoms with E-state index >= 15 is 0 Å². The molecule has 0 rings (SSSR count). The molecule has 0 atom stereocenters. The van der Waals surface area contributed by atoms with Crippen molar-refractivity contribution in [1.82, 2.24) is 0 Å². The van der Waals surface area contributed by atoms with Gasteiger partial charge in [-0.1, -0.05) is 12.2 Å². The van der Waals surface area contributed by atoms with Crippen LogP contribution in [0.4, 0.5) is 0 Å². The van der Waals surface area contributed by atoms with E-state index in [1.165, 1.54) is 0 Å². The van der Waals surface area contributed by atoms with E-state index < -0.39 is 0 Å². The van der Waals surface area contributed by atoms with E-state index in [4.69, 9.17) is 19.9 Å². The summed E-state index contributed by atoms with van der Waals surface area (Å²) in [7, 11) is 1.66. The predicted octanol–water partition coefficient (Wildman–Crippen LogP) is 0.571.